The van der Waals surface area contributed by atoms with Gasteiger partial charge in [-0.15, -0.1) is 0 Å². The van der Waals surface area contributed by atoms with Gasteiger partial charge in [0.15, 0.2) is 5.58 Å². The second-order valence-corrected chi connectivity index (χ2v) is 6.27. The van der Waals surface area contributed by atoms with Gasteiger partial charge in [-0.25, -0.2) is 4.98 Å². The number of benzene rings is 2. The van der Waals surface area contributed by atoms with E-state index in [4.69, 9.17) is 4.42 Å². The molecule has 0 bridgehead atoms. The minimum atomic E-state index is -0.769. The quantitative estimate of drug-likeness (QED) is 0.525. The van der Waals surface area contributed by atoms with Gasteiger partial charge < -0.3 is 14.2 Å². The molecule has 1 aromatic heterocycles. The molecule has 0 atom stereocenters. The highest BCUT2D eigenvalue weighted by Gasteiger charge is 2.31. The number of nitrogens with zero attached hydrogens (tertiary/aromatic N) is 3. The van der Waals surface area contributed by atoms with Crippen molar-refractivity contribution < 1.29 is 18.8 Å². The number of ketones is 1. The predicted molar refractivity (Wildman–Crippen MR) is 97.3 cm³/mol. The second-order valence-electron chi connectivity index (χ2n) is 6.27. The number of rotatable bonds is 3. The normalized spacial score (nSPS) is 14.4. The van der Waals surface area contributed by atoms with E-state index < -0.39 is 11.7 Å². The zero-order chi connectivity index (χ0) is 18.8. The van der Waals surface area contributed by atoms with Gasteiger partial charge in [-0.2, -0.15) is 0 Å². The summed E-state index contributed by atoms with van der Waals surface area (Å²) in [5, 5.41) is 0. The van der Waals surface area contributed by atoms with Gasteiger partial charge in [-0.05, 0) is 24.3 Å². The third kappa shape index (κ3) is 3.31. The Labute approximate surface area is 155 Å². The first-order valence-corrected chi connectivity index (χ1v) is 8.67. The highest BCUT2D eigenvalue weighted by Crippen LogP contribution is 2.16. The summed E-state index contributed by atoms with van der Waals surface area (Å²) in [6.45, 7) is 1.34. The lowest BCUT2D eigenvalue weighted by molar-refractivity contribution is -0.128. The Morgan fingerprint density at radius 2 is 1.44 bits per heavy atom. The number of oxazole rings is 1. The van der Waals surface area contributed by atoms with Crippen LogP contribution in [0.3, 0.4) is 0 Å². The van der Waals surface area contributed by atoms with Crippen LogP contribution < -0.4 is 0 Å². The van der Waals surface area contributed by atoms with E-state index in [0.29, 0.717) is 42.8 Å². The van der Waals surface area contributed by atoms with E-state index >= 15 is 0 Å². The lowest BCUT2D eigenvalue weighted by atomic mass is 10.2. The number of fused-ring (bicyclic) bond motifs is 1. The highest BCUT2D eigenvalue weighted by molar-refractivity contribution is 6.41. The summed E-state index contributed by atoms with van der Waals surface area (Å²) in [5.41, 5.74) is 1.61. The van der Waals surface area contributed by atoms with Crippen LogP contribution >= 0.6 is 0 Å². The molecule has 0 unspecified atom stereocenters. The average Bonchev–Trinajstić information content (AvgIpc) is 3.17. The van der Waals surface area contributed by atoms with Crippen LogP contribution in [0.2, 0.25) is 0 Å². The molecular formula is C20H17N3O4. The van der Waals surface area contributed by atoms with E-state index in [1.165, 1.54) is 4.90 Å². The van der Waals surface area contributed by atoms with Gasteiger partial charge in [0.05, 0.1) is 0 Å². The molecule has 0 saturated carbocycles. The van der Waals surface area contributed by atoms with Gasteiger partial charge in [-0.3, -0.25) is 14.4 Å². The van der Waals surface area contributed by atoms with E-state index in [0.717, 1.165) is 0 Å². The summed E-state index contributed by atoms with van der Waals surface area (Å²) < 4.78 is 5.39. The number of amides is 2. The SMILES string of the molecule is O=C(C(=O)N1CCN(C(=O)c2ccccc2)CC1)c1nc2ccccc2o1. The van der Waals surface area contributed by atoms with Crippen LogP contribution in [-0.2, 0) is 4.79 Å². The molecule has 2 aromatic carbocycles. The summed E-state index contributed by atoms with van der Waals surface area (Å²) in [6.07, 6.45) is 0. The minimum Gasteiger partial charge on any atom is -0.433 e. The number of aromatic nitrogens is 1. The summed E-state index contributed by atoms with van der Waals surface area (Å²) in [6, 6.07) is 16.0. The van der Waals surface area contributed by atoms with Gasteiger partial charge >= 0.3 is 5.78 Å². The lowest BCUT2D eigenvalue weighted by Crippen LogP contribution is -2.52. The minimum absolute atomic E-state index is 0.0759. The maximum Gasteiger partial charge on any atom is 0.305 e. The van der Waals surface area contributed by atoms with Gasteiger partial charge in [-0.1, -0.05) is 30.3 Å². The molecule has 2 heterocycles. The third-order valence-corrected chi connectivity index (χ3v) is 4.56. The van der Waals surface area contributed by atoms with E-state index in [1.54, 1.807) is 41.3 Å². The molecule has 1 fully saturated rings. The van der Waals surface area contributed by atoms with Crippen LogP contribution in [0.15, 0.2) is 59.0 Å². The first kappa shape index (κ1) is 17.0. The monoisotopic (exact) mass is 363 g/mol. The zero-order valence-electron chi connectivity index (χ0n) is 14.5. The van der Waals surface area contributed by atoms with E-state index in [9.17, 15) is 14.4 Å². The van der Waals surface area contributed by atoms with Crippen LogP contribution in [0.1, 0.15) is 21.0 Å². The van der Waals surface area contributed by atoms with Gasteiger partial charge in [0, 0.05) is 31.7 Å². The predicted octanol–water partition coefficient (Wildman–Crippen LogP) is 2.00. The molecule has 1 aliphatic heterocycles. The van der Waals surface area contributed by atoms with Gasteiger partial charge in [0.2, 0.25) is 0 Å². The molecule has 0 radical (unpaired) electrons. The van der Waals surface area contributed by atoms with Crippen LogP contribution in [0, 0.1) is 0 Å². The smallest absolute Gasteiger partial charge is 0.305 e. The third-order valence-electron chi connectivity index (χ3n) is 4.56. The van der Waals surface area contributed by atoms with Crippen molar-refractivity contribution >= 4 is 28.7 Å². The molecule has 0 aliphatic carbocycles. The number of hydrogen-bond acceptors (Lipinski definition) is 5. The lowest BCUT2D eigenvalue weighted by Gasteiger charge is -2.34. The van der Waals surface area contributed by atoms with E-state index in [2.05, 4.69) is 4.98 Å². The Kier molecular flexibility index (Phi) is 4.42. The van der Waals surface area contributed by atoms with Gasteiger partial charge in [0.25, 0.3) is 17.7 Å². The van der Waals surface area contributed by atoms with E-state index in [-0.39, 0.29) is 11.8 Å². The molecule has 2 amide bonds. The van der Waals surface area contributed by atoms with Crippen molar-refractivity contribution in [2.45, 2.75) is 0 Å². The van der Waals surface area contributed by atoms with E-state index in [1.807, 2.05) is 18.2 Å². The summed E-state index contributed by atoms with van der Waals surface area (Å²) in [7, 11) is 0. The Bertz CT molecular complexity index is 971. The number of hydrogen-bond donors (Lipinski definition) is 0. The zero-order valence-corrected chi connectivity index (χ0v) is 14.5. The van der Waals surface area contributed by atoms with Crippen molar-refractivity contribution in [2.75, 3.05) is 26.2 Å². The van der Waals surface area contributed by atoms with Gasteiger partial charge in [0.1, 0.15) is 5.52 Å². The number of piperazine rings is 1. The fourth-order valence-electron chi connectivity index (χ4n) is 3.08. The van der Waals surface area contributed by atoms with Crippen LogP contribution in [0.5, 0.6) is 0 Å². The molecule has 3 aromatic rings. The van der Waals surface area contributed by atoms with Crippen LogP contribution in [-0.4, -0.2) is 58.6 Å². The number of Topliss-reactive ketones (excluding diaryl/α,β-unsaturated/α-hetero) is 1. The summed E-state index contributed by atoms with van der Waals surface area (Å²) in [5.74, 6) is -1.71. The highest BCUT2D eigenvalue weighted by atomic mass is 16.4. The van der Waals surface area contributed by atoms with Crippen molar-refractivity contribution in [1.82, 2.24) is 14.8 Å². The summed E-state index contributed by atoms with van der Waals surface area (Å²) >= 11 is 0. The van der Waals surface area contributed by atoms with Crippen LogP contribution in [0.25, 0.3) is 11.1 Å². The molecule has 1 aliphatic rings. The molecular weight excluding hydrogens is 346 g/mol. The molecule has 0 spiro atoms. The Hall–Kier alpha value is -3.48. The first-order valence-electron chi connectivity index (χ1n) is 8.67. The maximum atomic E-state index is 12.5. The van der Waals surface area contributed by atoms with Crippen molar-refractivity contribution in [1.29, 1.82) is 0 Å². The van der Waals surface area contributed by atoms with Crippen molar-refractivity contribution in [3.05, 3.63) is 66.1 Å². The largest absolute Gasteiger partial charge is 0.433 e. The molecule has 0 N–H and O–H groups in total. The van der Waals surface area contributed by atoms with Crippen molar-refractivity contribution in [3.8, 4) is 0 Å². The summed E-state index contributed by atoms with van der Waals surface area (Å²) in [4.78, 5) is 44.6. The fraction of sp³-hybridized carbons (Fsp3) is 0.200. The molecule has 7 nitrogen and oxygen atoms in total. The molecule has 27 heavy (non-hydrogen) atoms. The Morgan fingerprint density at radius 1 is 0.815 bits per heavy atom. The fourth-order valence-corrected chi connectivity index (χ4v) is 3.08. The average molecular weight is 363 g/mol. The number of para-hydroxylation sites is 2. The Balaban J connectivity index is 1.41. The maximum absolute atomic E-state index is 12.5. The number of carbonyl (C=O) groups excluding carboxylic acids is 3. The topological polar surface area (TPSA) is 83.7 Å². The molecule has 1 saturated heterocycles. The number of carbonyl (C=O) groups is 3. The molecule has 7 heteroatoms. The molecule has 136 valence electrons. The molecule has 4 rings (SSSR count). The van der Waals surface area contributed by atoms with Crippen LogP contribution in [0.4, 0.5) is 0 Å². The van der Waals surface area contributed by atoms with Crippen molar-refractivity contribution in [2.24, 2.45) is 0 Å². The second kappa shape index (κ2) is 7.03. The standard InChI is InChI=1S/C20H17N3O4/c24-17(18-21-15-8-4-5-9-16(15)27-18)20(26)23-12-10-22(11-13-23)19(25)14-6-2-1-3-7-14/h1-9H,10-13H2. The first-order chi connectivity index (χ1) is 13.1. The van der Waals surface area contributed by atoms with Crippen molar-refractivity contribution in [3.63, 3.8) is 0 Å². The Morgan fingerprint density at radius 3 is 2.15 bits per heavy atom.